The van der Waals surface area contributed by atoms with Crippen LogP contribution in [-0.2, 0) is 16.0 Å². The molecule has 0 aliphatic carbocycles. The van der Waals surface area contributed by atoms with E-state index in [0.717, 1.165) is 0 Å². The quantitative estimate of drug-likeness (QED) is 0.785. The van der Waals surface area contributed by atoms with Gasteiger partial charge in [0, 0.05) is 6.07 Å². The van der Waals surface area contributed by atoms with Gasteiger partial charge in [0.2, 0.25) is 0 Å². The first kappa shape index (κ1) is 9.76. The molecule has 1 atom stereocenters. The molecule has 78 valence electrons. The van der Waals surface area contributed by atoms with Crippen molar-refractivity contribution < 1.29 is 9.47 Å². The Bertz CT molecular complexity index is 310. The minimum atomic E-state index is 0.0158. The molecule has 5 nitrogen and oxygen atoms in total. The van der Waals surface area contributed by atoms with Gasteiger partial charge in [-0.1, -0.05) is 11.6 Å². The molecule has 2 heterocycles. The molecule has 6 heteroatoms. The van der Waals surface area contributed by atoms with Crippen molar-refractivity contribution in [2.24, 2.45) is 0 Å². The molecule has 0 amide bonds. The van der Waals surface area contributed by atoms with E-state index in [4.69, 9.17) is 26.8 Å². The Balaban J connectivity index is 1.98. The number of nitrogens with two attached hydrogens (primary N) is 1. The molecule has 0 spiro atoms. The van der Waals surface area contributed by atoms with Crippen LogP contribution in [-0.4, -0.2) is 35.7 Å². The first-order valence-electron chi connectivity index (χ1n) is 4.44. The fourth-order valence-corrected chi connectivity index (χ4v) is 1.58. The van der Waals surface area contributed by atoms with Gasteiger partial charge in [-0.15, -0.1) is 0 Å². The molecule has 1 fully saturated rings. The monoisotopic (exact) mass is 217 g/mol. The number of nitrogens with zero attached hydrogens (tertiary/aromatic N) is 2. The highest BCUT2D eigenvalue weighted by molar-refractivity contribution is 6.29. The van der Waals surface area contributed by atoms with Gasteiger partial charge >= 0.3 is 0 Å². The number of aromatic nitrogens is 2. The normalized spacial score (nSPS) is 22.5. The van der Waals surface area contributed by atoms with Crippen LogP contribution in [0.25, 0.3) is 0 Å². The van der Waals surface area contributed by atoms with Crippen LogP contribution in [0.3, 0.4) is 0 Å². The Hall–Kier alpha value is -0.780. The summed E-state index contributed by atoms with van der Waals surface area (Å²) in [7, 11) is 0. The van der Waals surface area contributed by atoms with Gasteiger partial charge in [0.05, 0.1) is 26.4 Å². The van der Waals surface area contributed by atoms with Crippen LogP contribution in [0.4, 0.5) is 5.82 Å². The van der Waals surface area contributed by atoms with Crippen molar-refractivity contribution in [1.29, 1.82) is 0 Å². The average Bonchev–Trinajstić information content (AvgIpc) is 2.47. The van der Waals surface area contributed by atoms with E-state index in [2.05, 4.69) is 5.10 Å². The Kier molecular flexibility index (Phi) is 2.90. The molecule has 0 bridgehead atoms. The molecule has 1 aliphatic rings. The average molecular weight is 218 g/mol. The smallest absolute Gasteiger partial charge is 0.153 e. The lowest BCUT2D eigenvalue weighted by Crippen LogP contribution is -2.32. The molecule has 0 saturated carbocycles. The van der Waals surface area contributed by atoms with Crippen LogP contribution in [0.1, 0.15) is 0 Å². The van der Waals surface area contributed by atoms with E-state index in [1.165, 1.54) is 0 Å². The lowest BCUT2D eigenvalue weighted by Gasteiger charge is -2.22. The Morgan fingerprint density at radius 3 is 3.07 bits per heavy atom. The van der Waals surface area contributed by atoms with E-state index in [0.29, 0.717) is 37.3 Å². The SMILES string of the molecule is Nc1cc(Cl)nn1C[C@H]1COCCO1. The molecule has 1 aliphatic heterocycles. The van der Waals surface area contributed by atoms with Crippen molar-refractivity contribution >= 4 is 17.4 Å². The third kappa shape index (κ3) is 2.17. The van der Waals surface area contributed by atoms with E-state index in [1.54, 1.807) is 10.7 Å². The zero-order valence-electron chi connectivity index (χ0n) is 7.65. The lowest BCUT2D eigenvalue weighted by molar-refractivity contribution is -0.0944. The fourth-order valence-electron chi connectivity index (χ4n) is 1.38. The molecular formula is C8H12ClN3O2. The third-order valence-corrected chi connectivity index (χ3v) is 2.23. The third-order valence-electron chi connectivity index (χ3n) is 2.04. The summed E-state index contributed by atoms with van der Waals surface area (Å²) in [6.07, 6.45) is 0.0158. The predicted molar refractivity (Wildman–Crippen MR) is 52.2 cm³/mol. The van der Waals surface area contributed by atoms with Gasteiger partial charge in [0.15, 0.2) is 5.15 Å². The van der Waals surface area contributed by atoms with E-state index < -0.39 is 0 Å². The molecule has 1 aromatic heterocycles. The van der Waals surface area contributed by atoms with Crippen LogP contribution < -0.4 is 5.73 Å². The second kappa shape index (κ2) is 4.16. The molecule has 0 radical (unpaired) electrons. The molecular weight excluding hydrogens is 206 g/mol. The van der Waals surface area contributed by atoms with E-state index in [9.17, 15) is 0 Å². The van der Waals surface area contributed by atoms with E-state index in [-0.39, 0.29) is 6.10 Å². The fraction of sp³-hybridized carbons (Fsp3) is 0.625. The number of rotatable bonds is 2. The van der Waals surface area contributed by atoms with Gasteiger partial charge in [0.25, 0.3) is 0 Å². The van der Waals surface area contributed by atoms with Gasteiger partial charge < -0.3 is 15.2 Å². The molecule has 14 heavy (non-hydrogen) atoms. The van der Waals surface area contributed by atoms with Crippen LogP contribution in [0.2, 0.25) is 5.15 Å². The molecule has 2 N–H and O–H groups in total. The predicted octanol–water partition coefficient (Wildman–Crippen LogP) is 0.534. The minimum absolute atomic E-state index is 0.0158. The Labute approximate surface area is 86.7 Å². The molecule has 0 aromatic carbocycles. The lowest BCUT2D eigenvalue weighted by atomic mass is 10.3. The Morgan fingerprint density at radius 1 is 1.64 bits per heavy atom. The molecule has 1 aromatic rings. The first-order chi connectivity index (χ1) is 6.75. The second-order valence-corrected chi connectivity index (χ2v) is 3.53. The largest absolute Gasteiger partial charge is 0.384 e. The number of hydrogen-bond donors (Lipinski definition) is 1. The summed E-state index contributed by atoms with van der Waals surface area (Å²) >= 11 is 5.70. The summed E-state index contributed by atoms with van der Waals surface area (Å²) in [6.45, 7) is 2.45. The molecule has 0 unspecified atom stereocenters. The van der Waals surface area contributed by atoms with Crippen molar-refractivity contribution in [1.82, 2.24) is 9.78 Å². The topological polar surface area (TPSA) is 62.3 Å². The maximum Gasteiger partial charge on any atom is 0.153 e. The van der Waals surface area contributed by atoms with Gasteiger partial charge in [-0.05, 0) is 0 Å². The van der Waals surface area contributed by atoms with Gasteiger partial charge in [-0.2, -0.15) is 5.10 Å². The summed E-state index contributed by atoms with van der Waals surface area (Å²) < 4.78 is 12.3. The summed E-state index contributed by atoms with van der Waals surface area (Å²) in [5.41, 5.74) is 5.68. The van der Waals surface area contributed by atoms with Crippen molar-refractivity contribution in [3.8, 4) is 0 Å². The number of nitrogen functional groups attached to an aromatic ring is 1. The maximum atomic E-state index is 5.70. The summed E-state index contributed by atoms with van der Waals surface area (Å²) in [6, 6.07) is 1.62. The van der Waals surface area contributed by atoms with Crippen LogP contribution in [0.5, 0.6) is 0 Å². The number of halogens is 1. The summed E-state index contributed by atoms with van der Waals surface area (Å²) in [5.74, 6) is 0.546. The van der Waals surface area contributed by atoms with Gasteiger partial charge in [0.1, 0.15) is 11.9 Å². The van der Waals surface area contributed by atoms with Gasteiger partial charge in [-0.25, -0.2) is 4.68 Å². The number of hydrogen-bond acceptors (Lipinski definition) is 4. The zero-order valence-corrected chi connectivity index (χ0v) is 8.41. The van der Waals surface area contributed by atoms with Gasteiger partial charge in [-0.3, -0.25) is 0 Å². The summed E-state index contributed by atoms with van der Waals surface area (Å²) in [5, 5.41) is 4.43. The van der Waals surface area contributed by atoms with Crippen molar-refractivity contribution in [2.75, 3.05) is 25.6 Å². The zero-order chi connectivity index (χ0) is 9.97. The van der Waals surface area contributed by atoms with Crippen molar-refractivity contribution in [3.05, 3.63) is 11.2 Å². The van der Waals surface area contributed by atoms with E-state index >= 15 is 0 Å². The molecule has 1 saturated heterocycles. The van der Waals surface area contributed by atoms with Crippen molar-refractivity contribution in [3.63, 3.8) is 0 Å². The first-order valence-corrected chi connectivity index (χ1v) is 4.81. The van der Waals surface area contributed by atoms with E-state index in [1.807, 2.05) is 0 Å². The van der Waals surface area contributed by atoms with Crippen molar-refractivity contribution in [2.45, 2.75) is 12.6 Å². The van der Waals surface area contributed by atoms with Crippen LogP contribution in [0.15, 0.2) is 6.07 Å². The van der Waals surface area contributed by atoms with Crippen LogP contribution in [0, 0.1) is 0 Å². The number of ether oxygens (including phenoxy) is 2. The number of anilines is 1. The highest BCUT2D eigenvalue weighted by Crippen LogP contribution is 2.13. The van der Waals surface area contributed by atoms with Crippen LogP contribution >= 0.6 is 11.6 Å². The second-order valence-electron chi connectivity index (χ2n) is 3.14. The Morgan fingerprint density at radius 2 is 2.50 bits per heavy atom. The highest BCUT2D eigenvalue weighted by atomic mass is 35.5. The highest BCUT2D eigenvalue weighted by Gasteiger charge is 2.16. The molecule has 2 rings (SSSR count). The maximum absolute atomic E-state index is 5.70. The summed E-state index contributed by atoms with van der Waals surface area (Å²) in [4.78, 5) is 0. The standard InChI is InChI=1S/C8H12ClN3O2/c9-7-3-8(10)12(11-7)4-6-5-13-1-2-14-6/h3,6H,1-2,4-5,10H2/t6-/m0/s1. The minimum Gasteiger partial charge on any atom is -0.384 e.